The number of nitrogens with one attached hydrogen (secondary N) is 1. The first-order chi connectivity index (χ1) is 10.0. The highest BCUT2D eigenvalue weighted by Crippen LogP contribution is 2.17. The lowest BCUT2D eigenvalue weighted by molar-refractivity contribution is -0.122. The summed E-state index contributed by atoms with van der Waals surface area (Å²) in [6.45, 7) is 5.26. The average molecular weight is 394 g/mol. The molecule has 0 aliphatic rings. The molecule has 0 fully saturated rings. The number of nitrogens with two attached hydrogens (primary N) is 1. The third kappa shape index (κ3) is 9.28. The summed E-state index contributed by atoms with van der Waals surface area (Å²) in [6, 6.07) is 7.75. The third-order valence-corrected chi connectivity index (χ3v) is 3.51. The summed E-state index contributed by atoms with van der Waals surface area (Å²) in [4.78, 5) is 11.8. The summed E-state index contributed by atoms with van der Waals surface area (Å²) < 4.78 is 6.58. The van der Waals surface area contributed by atoms with Gasteiger partial charge in [-0.3, -0.25) is 4.79 Å². The van der Waals surface area contributed by atoms with E-state index in [4.69, 9.17) is 10.5 Å². The summed E-state index contributed by atoms with van der Waals surface area (Å²) in [5.41, 5.74) is 5.67. The lowest BCUT2D eigenvalue weighted by Gasteiger charge is -2.18. The maximum absolute atomic E-state index is 11.8. The van der Waals surface area contributed by atoms with Gasteiger partial charge < -0.3 is 15.8 Å². The fourth-order valence-electron chi connectivity index (χ4n) is 2.06. The van der Waals surface area contributed by atoms with E-state index in [2.05, 4.69) is 35.1 Å². The number of carbonyl (C=O) groups is 1. The van der Waals surface area contributed by atoms with Gasteiger partial charge in [0, 0.05) is 23.5 Å². The van der Waals surface area contributed by atoms with Crippen LogP contribution in [0.5, 0.6) is 5.75 Å². The Balaban J connectivity index is 0.00000441. The van der Waals surface area contributed by atoms with Crippen molar-refractivity contribution in [2.24, 2.45) is 11.7 Å². The topological polar surface area (TPSA) is 64.3 Å². The zero-order valence-electron chi connectivity index (χ0n) is 13.2. The second kappa shape index (κ2) is 11.7. The largest absolute Gasteiger partial charge is 0.494 e. The Kier molecular flexibility index (Phi) is 11.3. The number of ether oxygens (including phenoxy) is 1. The molecule has 0 aliphatic heterocycles. The van der Waals surface area contributed by atoms with Crippen LogP contribution in [0.3, 0.4) is 0 Å². The first-order valence-electron chi connectivity index (χ1n) is 7.39. The lowest BCUT2D eigenvalue weighted by atomic mass is 10.0. The highest BCUT2D eigenvalue weighted by molar-refractivity contribution is 9.10. The van der Waals surface area contributed by atoms with Gasteiger partial charge in [-0.05, 0) is 37.0 Å². The van der Waals surface area contributed by atoms with Crippen molar-refractivity contribution in [1.29, 1.82) is 0 Å². The monoisotopic (exact) mass is 392 g/mol. The SMILES string of the molecule is CC(C)CC(CN)NC(=O)CCCOc1cccc(Br)c1.Cl. The van der Waals surface area contributed by atoms with Crippen LogP contribution in [0.4, 0.5) is 0 Å². The molecule has 0 heterocycles. The summed E-state index contributed by atoms with van der Waals surface area (Å²) in [6.07, 6.45) is 2.07. The lowest BCUT2D eigenvalue weighted by Crippen LogP contribution is -2.41. The van der Waals surface area contributed by atoms with E-state index >= 15 is 0 Å². The van der Waals surface area contributed by atoms with Gasteiger partial charge >= 0.3 is 0 Å². The van der Waals surface area contributed by atoms with Crippen LogP contribution >= 0.6 is 28.3 Å². The first-order valence-corrected chi connectivity index (χ1v) is 8.18. The van der Waals surface area contributed by atoms with Gasteiger partial charge in [-0.1, -0.05) is 35.8 Å². The zero-order valence-corrected chi connectivity index (χ0v) is 15.6. The number of carbonyl (C=O) groups excluding carboxylic acids is 1. The predicted octanol–water partition coefficient (Wildman–Crippen LogP) is 3.52. The molecule has 0 spiro atoms. The van der Waals surface area contributed by atoms with Crippen LogP contribution in [-0.2, 0) is 4.79 Å². The molecule has 22 heavy (non-hydrogen) atoms. The molecule has 126 valence electrons. The quantitative estimate of drug-likeness (QED) is 0.631. The van der Waals surface area contributed by atoms with Gasteiger partial charge in [-0.15, -0.1) is 12.4 Å². The molecule has 6 heteroatoms. The van der Waals surface area contributed by atoms with Crippen molar-refractivity contribution < 1.29 is 9.53 Å². The molecule has 1 unspecified atom stereocenters. The number of rotatable bonds is 9. The molecule has 1 atom stereocenters. The molecule has 4 nitrogen and oxygen atoms in total. The van der Waals surface area contributed by atoms with Crippen LogP contribution in [-0.4, -0.2) is 25.1 Å². The Morgan fingerprint density at radius 2 is 2.14 bits per heavy atom. The van der Waals surface area contributed by atoms with Crippen LogP contribution in [0, 0.1) is 5.92 Å². The fourth-order valence-corrected chi connectivity index (χ4v) is 2.44. The van der Waals surface area contributed by atoms with Crippen LogP contribution in [0.15, 0.2) is 28.7 Å². The molecule has 0 saturated heterocycles. The van der Waals surface area contributed by atoms with Crippen molar-refractivity contribution in [3.63, 3.8) is 0 Å². The van der Waals surface area contributed by atoms with Crippen LogP contribution in [0.1, 0.15) is 33.1 Å². The maximum Gasteiger partial charge on any atom is 0.220 e. The molecule has 0 aromatic heterocycles. The first kappa shape index (κ1) is 21.2. The second-order valence-corrected chi connectivity index (χ2v) is 6.45. The van der Waals surface area contributed by atoms with Crippen molar-refractivity contribution in [1.82, 2.24) is 5.32 Å². The zero-order chi connectivity index (χ0) is 15.7. The Labute approximate surface area is 147 Å². The smallest absolute Gasteiger partial charge is 0.220 e. The Hall–Kier alpha value is -0.780. The molecule has 1 rings (SSSR count). The average Bonchev–Trinajstić information content (AvgIpc) is 2.42. The minimum atomic E-state index is 0. The van der Waals surface area contributed by atoms with Gasteiger partial charge in [-0.2, -0.15) is 0 Å². The van der Waals surface area contributed by atoms with E-state index in [0.29, 0.717) is 31.9 Å². The fraction of sp³-hybridized carbons (Fsp3) is 0.562. The van der Waals surface area contributed by atoms with Crippen LogP contribution in [0.25, 0.3) is 0 Å². The minimum Gasteiger partial charge on any atom is -0.494 e. The highest BCUT2D eigenvalue weighted by atomic mass is 79.9. The van der Waals surface area contributed by atoms with E-state index in [1.807, 2.05) is 24.3 Å². The van der Waals surface area contributed by atoms with Crippen molar-refractivity contribution in [3.05, 3.63) is 28.7 Å². The predicted molar refractivity (Wildman–Crippen MR) is 96.6 cm³/mol. The summed E-state index contributed by atoms with van der Waals surface area (Å²) in [5.74, 6) is 1.38. The number of benzene rings is 1. The molecule has 1 aromatic rings. The van der Waals surface area contributed by atoms with E-state index in [1.54, 1.807) is 0 Å². The van der Waals surface area contributed by atoms with Gasteiger partial charge in [-0.25, -0.2) is 0 Å². The second-order valence-electron chi connectivity index (χ2n) is 5.54. The molecule has 1 amide bonds. The minimum absolute atomic E-state index is 0. The van der Waals surface area contributed by atoms with Crippen molar-refractivity contribution >= 4 is 34.2 Å². The summed E-state index contributed by atoms with van der Waals surface area (Å²) >= 11 is 3.39. The molecule has 3 N–H and O–H groups in total. The maximum atomic E-state index is 11.8. The van der Waals surface area contributed by atoms with Crippen molar-refractivity contribution in [3.8, 4) is 5.75 Å². The van der Waals surface area contributed by atoms with Gasteiger partial charge in [0.25, 0.3) is 0 Å². The molecule has 0 aliphatic carbocycles. The number of halogens is 2. The Bertz CT molecular complexity index is 444. The van der Waals surface area contributed by atoms with Crippen LogP contribution in [0.2, 0.25) is 0 Å². The molecule has 0 radical (unpaired) electrons. The Morgan fingerprint density at radius 1 is 1.41 bits per heavy atom. The molecule has 0 saturated carbocycles. The normalized spacial score (nSPS) is 11.7. The molecule has 0 bridgehead atoms. The number of hydrogen-bond donors (Lipinski definition) is 2. The molecular formula is C16H26BrClN2O2. The van der Waals surface area contributed by atoms with Gasteiger partial charge in [0.15, 0.2) is 0 Å². The number of hydrogen-bond acceptors (Lipinski definition) is 3. The summed E-state index contributed by atoms with van der Waals surface area (Å²) in [5, 5.41) is 2.98. The van der Waals surface area contributed by atoms with E-state index in [9.17, 15) is 4.79 Å². The van der Waals surface area contributed by atoms with Gasteiger partial charge in [0.05, 0.1) is 6.61 Å². The van der Waals surface area contributed by atoms with E-state index in [1.165, 1.54) is 0 Å². The highest BCUT2D eigenvalue weighted by Gasteiger charge is 2.12. The van der Waals surface area contributed by atoms with E-state index in [0.717, 1.165) is 16.6 Å². The summed E-state index contributed by atoms with van der Waals surface area (Å²) in [7, 11) is 0. The van der Waals surface area contributed by atoms with Crippen molar-refractivity contribution in [2.45, 2.75) is 39.2 Å². The van der Waals surface area contributed by atoms with Crippen LogP contribution < -0.4 is 15.8 Å². The number of amides is 1. The third-order valence-electron chi connectivity index (χ3n) is 3.02. The van der Waals surface area contributed by atoms with Gasteiger partial charge in [0.1, 0.15) is 5.75 Å². The molecule has 1 aromatic carbocycles. The Morgan fingerprint density at radius 3 is 2.73 bits per heavy atom. The van der Waals surface area contributed by atoms with Gasteiger partial charge in [0.2, 0.25) is 5.91 Å². The molecular weight excluding hydrogens is 368 g/mol. The van der Waals surface area contributed by atoms with E-state index < -0.39 is 0 Å². The van der Waals surface area contributed by atoms with Crippen molar-refractivity contribution in [2.75, 3.05) is 13.2 Å². The standard InChI is InChI=1S/C16H25BrN2O2.ClH/c1-12(2)9-14(11-18)19-16(20)7-4-8-21-15-6-3-5-13(17)10-15;/h3,5-6,10,12,14H,4,7-9,11,18H2,1-2H3,(H,19,20);1H. The van der Waals surface area contributed by atoms with E-state index in [-0.39, 0.29) is 24.4 Å².